The smallest absolute Gasteiger partial charge is 0.303 e. The predicted octanol–water partition coefficient (Wildman–Crippen LogP) is 2.26. The van der Waals surface area contributed by atoms with Crippen LogP contribution in [0.15, 0.2) is 22.7 Å². The van der Waals surface area contributed by atoms with Crippen LogP contribution in [-0.2, 0) is 4.79 Å². The first-order valence-electron chi connectivity index (χ1n) is 5.95. The van der Waals surface area contributed by atoms with E-state index in [-0.39, 0.29) is 18.2 Å². The van der Waals surface area contributed by atoms with Crippen molar-refractivity contribution in [2.75, 3.05) is 12.3 Å². The van der Waals surface area contributed by atoms with Crippen molar-refractivity contribution in [3.63, 3.8) is 0 Å². The van der Waals surface area contributed by atoms with Crippen molar-refractivity contribution < 1.29 is 14.7 Å². The standard InChI is InChI=1S/C13H17BrN2O3/c1-8(2-5-12(17)18)7-16-13(19)9-3-4-10(14)11(15)6-9/h3-4,6,8H,2,5,7,15H2,1H3,(H,16,19)(H,17,18). The van der Waals surface area contributed by atoms with Gasteiger partial charge in [0.25, 0.3) is 5.91 Å². The third-order valence-electron chi connectivity index (χ3n) is 2.72. The summed E-state index contributed by atoms with van der Waals surface area (Å²) >= 11 is 3.26. The van der Waals surface area contributed by atoms with E-state index in [1.165, 1.54) is 0 Å². The van der Waals surface area contributed by atoms with Crippen molar-refractivity contribution in [3.05, 3.63) is 28.2 Å². The Bertz CT molecular complexity index is 477. The van der Waals surface area contributed by atoms with E-state index in [4.69, 9.17) is 10.8 Å². The number of aliphatic carboxylic acids is 1. The largest absolute Gasteiger partial charge is 0.481 e. The fraction of sp³-hybridized carbons (Fsp3) is 0.385. The topological polar surface area (TPSA) is 92.4 Å². The number of nitrogen functional groups attached to an aromatic ring is 1. The number of amides is 1. The molecule has 6 heteroatoms. The van der Waals surface area contributed by atoms with Crippen LogP contribution in [0.5, 0.6) is 0 Å². The first-order valence-corrected chi connectivity index (χ1v) is 6.74. The molecule has 4 N–H and O–H groups in total. The zero-order valence-electron chi connectivity index (χ0n) is 10.6. The van der Waals surface area contributed by atoms with Gasteiger partial charge in [0.05, 0.1) is 0 Å². The van der Waals surface area contributed by atoms with E-state index in [0.717, 1.165) is 4.47 Å². The van der Waals surface area contributed by atoms with Crippen LogP contribution in [0.2, 0.25) is 0 Å². The van der Waals surface area contributed by atoms with Gasteiger partial charge in [0.1, 0.15) is 0 Å². The first kappa shape index (κ1) is 15.5. The lowest BCUT2D eigenvalue weighted by molar-refractivity contribution is -0.137. The van der Waals surface area contributed by atoms with Gasteiger partial charge in [-0.3, -0.25) is 9.59 Å². The molecular weight excluding hydrogens is 312 g/mol. The Balaban J connectivity index is 2.46. The minimum Gasteiger partial charge on any atom is -0.481 e. The van der Waals surface area contributed by atoms with Crippen LogP contribution in [0, 0.1) is 5.92 Å². The number of nitrogens with two attached hydrogens (primary N) is 1. The predicted molar refractivity (Wildman–Crippen MR) is 76.9 cm³/mol. The monoisotopic (exact) mass is 328 g/mol. The van der Waals surface area contributed by atoms with Crippen LogP contribution >= 0.6 is 15.9 Å². The number of benzene rings is 1. The van der Waals surface area contributed by atoms with Gasteiger partial charge >= 0.3 is 5.97 Å². The summed E-state index contributed by atoms with van der Waals surface area (Å²) in [6, 6.07) is 5.00. The fourth-order valence-electron chi connectivity index (χ4n) is 1.53. The van der Waals surface area contributed by atoms with Crippen molar-refractivity contribution in [1.82, 2.24) is 5.32 Å². The third kappa shape index (κ3) is 5.30. The minimum absolute atomic E-state index is 0.113. The van der Waals surface area contributed by atoms with Gasteiger partial charge in [0, 0.05) is 28.7 Å². The van der Waals surface area contributed by atoms with Gasteiger partial charge in [-0.25, -0.2) is 0 Å². The van der Waals surface area contributed by atoms with Gasteiger partial charge in [0.2, 0.25) is 0 Å². The molecule has 0 saturated heterocycles. The Kier molecular flexibility index (Phi) is 5.82. The molecule has 1 atom stereocenters. The van der Waals surface area contributed by atoms with Crippen LogP contribution in [0.1, 0.15) is 30.1 Å². The zero-order valence-corrected chi connectivity index (χ0v) is 12.2. The first-order chi connectivity index (χ1) is 8.90. The molecule has 0 aliphatic rings. The lowest BCUT2D eigenvalue weighted by Gasteiger charge is -2.12. The summed E-state index contributed by atoms with van der Waals surface area (Å²) < 4.78 is 0.749. The molecular formula is C13H17BrN2O3. The highest BCUT2D eigenvalue weighted by molar-refractivity contribution is 9.10. The molecule has 1 amide bonds. The zero-order chi connectivity index (χ0) is 14.4. The second-order valence-electron chi connectivity index (χ2n) is 4.48. The summed E-state index contributed by atoms with van der Waals surface area (Å²) in [5.41, 5.74) is 6.70. The average Bonchev–Trinajstić information content (AvgIpc) is 2.36. The number of carbonyl (C=O) groups is 2. The molecule has 0 heterocycles. The van der Waals surface area contributed by atoms with Crippen LogP contribution < -0.4 is 11.1 Å². The highest BCUT2D eigenvalue weighted by atomic mass is 79.9. The minimum atomic E-state index is -0.821. The molecule has 0 bridgehead atoms. The van der Waals surface area contributed by atoms with E-state index in [2.05, 4.69) is 21.2 Å². The lowest BCUT2D eigenvalue weighted by atomic mass is 10.1. The molecule has 0 fully saturated rings. The molecule has 0 spiro atoms. The number of carboxylic acid groups (broad SMARTS) is 1. The number of halogens is 1. The number of hydrogen-bond acceptors (Lipinski definition) is 3. The van der Waals surface area contributed by atoms with Gasteiger partial charge in [-0.1, -0.05) is 6.92 Å². The molecule has 104 valence electrons. The van der Waals surface area contributed by atoms with E-state index < -0.39 is 5.97 Å². The van der Waals surface area contributed by atoms with Gasteiger partial charge < -0.3 is 16.2 Å². The van der Waals surface area contributed by atoms with Gasteiger partial charge in [-0.05, 0) is 46.5 Å². The van der Waals surface area contributed by atoms with E-state index >= 15 is 0 Å². The molecule has 0 aliphatic carbocycles. The molecule has 1 aromatic rings. The molecule has 5 nitrogen and oxygen atoms in total. The number of rotatable bonds is 6. The van der Waals surface area contributed by atoms with Crippen molar-refractivity contribution in [3.8, 4) is 0 Å². The third-order valence-corrected chi connectivity index (χ3v) is 3.44. The van der Waals surface area contributed by atoms with Crippen molar-refractivity contribution in [2.24, 2.45) is 5.92 Å². The normalized spacial score (nSPS) is 11.9. The number of nitrogens with one attached hydrogen (secondary N) is 1. The highest BCUT2D eigenvalue weighted by Gasteiger charge is 2.10. The molecule has 0 radical (unpaired) electrons. The van der Waals surface area contributed by atoms with E-state index in [1.807, 2.05) is 6.92 Å². The van der Waals surface area contributed by atoms with Gasteiger partial charge in [-0.2, -0.15) is 0 Å². The number of hydrogen-bond donors (Lipinski definition) is 3. The molecule has 0 aromatic heterocycles. The molecule has 1 rings (SSSR count). The SMILES string of the molecule is CC(CCC(=O)O)CNC(=O)c1ccc(Br)c(N)c1. The molecule has 1 aromatic carbocycles. The maximum atomic E-state index is 11.9. The molecule has 1 unspecified atom stereocenters. The van der Waals surface area contributed by atoms with Crippen LogP contribution in [0.25, 0.3) is 0 Å². The summed E-state index contributed by atoms with van der Waals surface area (Å²) in [5.74, 6) is -0.909. The van der Waals surface area contributed by atoms with Crippen molar-refractivity contribution in [2.45, 2.75) is 19.8 Å². The van der Waals surface area contributed by atoms with E-state index in [1.54, 1.807) is 18.2 Å². The Morgan fingerprint density at radius 2 is 2.16 bits per heavy atom. The molecule has 19 heavy (non-hydrogen) atoms. The van der Waals surface area contributed by atoms with Crippen molar-refractivity contribution in [1.29, 1.82) is 0 Å². The van der Waals surface area contributed by atoms with E-state index in [0.29, 0.717) is 24.2 Å². The van der Waals surface area contributed by atoms with E-state index in [9.17, 15) is 9.59 Å². The van der Waals surface area contributed by atoms with Crippen molar-refractivity contribution >= 4 is 33.5 Å². The Hall–Kier alpha value is -1.56. The number of carbonyl (C=O) groups excluding carboxylic acids is 1. The van der Waals surface area contributed by atoms with Crippen LogP contribution in [0.3, 0.4) is 0 Å². The summed E-state index contributed by atoms with van der Waals surface area (Å²) in [7, 11) is 0. The average molecular weight is 329 g/mol. The Labute approximate surface area is 120 Å². The Morgan fingerprint density at radius 3 is 2.74 bits per heavy atom. The van der Waals surface area contributed by atoms with Crippen LogP contribution in [-0.4, -0.2) is 23.5 Å². The highest BCUT2D eigenvalue weighted by Crippen LogP contribution is 2.20. The van der Waals surface area contributed by atoms with Crippen LogP contribution in [0.4, 0.5) is 5.69 Å². The summed E-state index contributed by atoms with van der Waals surface area (Å²) in [4.78, 5) is 22.3. The Morgan fingerprint density at radius 1 is 1.47 bits per heavy atom. The summed E-state index contributed by atoms with van der Waals surface area (Å²) in [6.07, 6.45) is 0.653. The lowest BCUT2D eigenvalue weighted by Crippen LogP contribution is -2.28. The fourth-order valence-corrected chi connectivity index (χ4v) is 1.77. The molecule has 0 saturated carbocycles. The quantitative estimate of drug-likeness (QED) is 0.698. The van der Waals surface area contributed by atoms with Gasteiger partial charge in [0.15, 0.2) is 0 Å². The maximum Gasteiger partial charge on any atom is 0.303 e. The maximum absolute atomic E-state index is 11.9. The summed E-state index contributed by atoms with van der Waals surface area (Å²) in [5, 5.41) is 11.3. The number of anilines is 1. The second-order valence-corrected chi connectivity index (χ2v) is 5.34. The number of carboxylic acids is 1. The van der Waals surface area contributed by atoms with Gasteiger partial charge in [-0.15, -0.1) is 0 Å². The second kappa shape index (κ2) is 7.13. The summed E-state index contributed by atoms with van der Waals surface area (Å²) in [6.45, 7) is 2.35. The molecule has 0 aliphatic heterocycles.